The van der Waals surface area contributed by atoms with Crippen LogP contribution in [-0.4, -0.2) is 0 Å². The van der Waals surface area contributed by atoms with E-state index < -0.39 is 0 Å². The number of anilines is 3. The Morgan fingerprint density at radius 2 is 0.978 bits per heavy atom. The fourth-order valence-corrected chi connectivity index (χ4v) is 8.01. The molecule has 1 heteroatoms. The topological polar surface area (TPSA) is 3.24 Å². The van der Waals surface area contributed by atoms with Gasteiger partial charge in [0.25, 0.3) is 0 Å². The molecule has 0 unspecified atom stereocenters. The van der Waals surface area contributed by atoms with Gasteiger partial charge < -0.3 is 4.90 Å². The Kier molecular flexibility index (Phi) is 6.03. The second-order valence-corrected chi connectivity index (χ2v) is 13.9. The minimum Gasteiger partial charge on any atom is -0.310 e. The van der Waals surface area contributed by atoms with Crippen LogP contribution in [0.25, 0.3) is 33.4 Å². The second-order valence-electron chi connectivity index (χ2n) is 13.9. The van der Waals surface area contributed by atoms with Crippen molar-refractivity contribution < 1.29 is 0 Å². The summed E-state index contributed by atoms with van der Waals surface area (Å²) in [7, 11) is 0. The average molecular weight is 582 g/mol. The van der Waals surface area contributed by atoms with Crippen molar-refractivity contribution in [2.45, 2.75) is 52.4 Å². The van der Waals surface area contributed by atoms with Gasteiger partial charge in [-0.1, -0.05) is 131 Å². The second kappa shape index (κ2) is 9.81. The van der Waals surface area contributed by atoms with Crippen LogP contribution in [0.4, 0.5) is 17.1 Å². The zero-order valence-electron chi connectivity index (χ0n) is 27.1. The van der Waals surface area contributed by atoms with E-state index in [4.69, 9.17) is 0 Å². The lowest BCUT2D eigenvalue weighted by Crippen LogP contribution is -2.19. The molecule has 0 aliphatic heterocycles. The van der Waals surface area contributed by atoms with Gasteiger partial charge in [-0.05, 0) is 99.3 Å². The Morgan fingerprint density at radius 1 is 0.444 bits per heavy atom. The largest absolute Gasteiger partial charge is 0.310 e. The van der Waals surface area contributed by atoms with E-state index in [1.807, 2.05) is 0 Å². The van der Waals surface area contributed by atoms with Crippen molar-refractivity contribution in [2.75, 3.05) is 4.90 Å². The third-order valence-electron chi connectivity index (χ3n) is 10.6. The summed E-state index contributed by atoms with van der Waals surface area (Å²) in [6.07, 6.45) is 0. The van der Waals surface area contributed by atoms with Crippen LogP contribution in [0.3, 0.4) is 0 Å². The molecule has 0 radical (unpaired) electrons. The lowest BCUT2D eigenvalue weighted by atomic mass is 9.81. The van der Waals surface area contributed by atoms with Crippen molar-refractivity contribution in [3.8, 4) is 33.4 Å². The molecule has 2 aliphatic rings. The van der Waals surface area contributed by atoms with Crippen LogP contribution in [0.1, 0.15) is 61.1 Å². The fourth-order valence-electron chi connectivity index (χ4n) is 8.01. The predicted molar refractivity (Wildman–Crippen MR) is 191 cm³/mol. The van der Waals surface area contributed by atoms with Gasteiger partial charge in [0.05, 0.1) is 5.69 Å². The molecule has 0 bridgehead atoms. The van der Waals surface area contributed by atoms with Crippen LogP contribution < -0.4 is 4.90 Å². The highest BCUT2D eigenvalue weighted by molar-refractivity contribution is 5.98. The molecule has 6 aromatic rings. The highest BCUT2D eigenvalue weighted by atomic mass is 15.1. The normalized spacial score (nSPS) is 14.8. The molecule has 0 saturated heterocycles. The summed E-state index contributed by atoms with van der Waals surface area (Å²) in [5.41, 5.74) is 19.6. The van der Waals surface area contributed by atoms with Crippen molar-refractivity contribution in [1.82, 2.24) is 0 Å². The molecule has 0 heterocycles. The first-order chi connectivity index (χ1) is 21.7. The van der Waals surface area contributed by atoms with Gasteiger partial charge >= 0.3 is 0 Å². The van der Waals surface area contributed by atoms with Crippen molar-refractivity contribution in [3.05, 3.63) is 161 Å². The van der Waals surface area contributed by atoms with Crippen molar-refractivity contribution in [2.24, 2.45) is 0 Å². The van der Waals surface area contributed by atoms with Gasteiger partial charge in [-0.15, -0.1) is 0 Å². The first-order valence-corrected chi connectivity index (χ1v) is 16.1. The number of nitrogens with zero attached hydrogens (tertiary/aromatic N) is 1. The minimum absolute atomic E-state index is 0.0798. The van der Waals surface area contributed by atoms with Gasteiger partial charge in [-0.25, -0.2) is 0 Å². The lowest BCUT2D eigenvalue weighted by Gasteiger charge is -2.32. The third-order valence-corrected chi connectivity index (χ3v) is 10.6. The van der Waals surface area contributed by atoms with E-state index in [-0.39, 0.29) is 10.8 Å². The minimum atomic E-state index is -0.0804. The van der Waals surface area contributed by atoms with Crippen molar-refractivity contribution in [3.63, 3.8) is 0 Å². The Hall–Kier alpha value is -4.88. The maximum atomic E-state index is 2.54. The third kappa shape index (κ3) is 4.00. The first-order valence-electron chi connectivity index (χ1n) is 16.1. The molecule has 0 aromatic heterocycles. The molecular formula is C44H39N. The van der Waals surface area contributed by atoms with Gasteiger partial charge in [-0.3, -0.25) is 0 Å². The summed E-state index contributed by atoms with van der Waals surface area (Å²) in [4.78, 5) is 2.54. The number of rotatable bonds is 4. The molecule has 0 atom stereocenters. The molecule has 8 rings (SSSR count). The number of aryl methyl sites for hydroxylation is 1. The molecule has 0 amide bonds. The van der Waals surface area contributed by atoms with Gasteiger partial charge in [0, 0.05) is 27.8 Å². The molecule has 45 heavy (non-hydrogen) atoms. The van der Waals surface area contributed by atoms with E-state index in [0.717, 1.165) is 0 Å². The van der Waals surface area contributed by atoms with Gasteiger partial charge in [0.2, 0.25) is 0 Å². The summed E-state index contributed by atoms with van der Waals surface area (Å²) in [6, 6.07) is 47.3. The molecule has 0 saturated carbocycles. The Morgan fingerprint density at radius 3 is 1.69 bits per heavy atom. The number of fused-ring (bicyclic) bond motifs is 6. The lowest BCUT2D eigenvalue weighted by molar-refractivity contribution is 0.659. The molecule has 6 aromatic carbocycles. The van der Waals surface area contributed by atoms with Crippen LogP contribution in [0.5, 0.6) is 0 Å². The zero-order chi connectivity index (χ0) is 31.1. The molecule has 0 N–H and O–H groups in total. The SMILES string of the molecule is Cc1cc2c(c(N(c3ccc(-c4ccccc4)cc3)c3ccc4c(c3)C(C)(C)c3ccccc3-4)c1C)-c1ccccc1C2(C)C. The standard InChI is InChI=1S/C44H39N/c1-28-26-40-41(36-17-11-13-19-38(36)44(40,5)6)42(29(28)2)45(32-22-20-31(21-23-32)30-14-8-7-9-15-30)33-24-25-35-34-16-10-12-18-37(34)43(3,4)39(35)27-33/h7-27H,1-6H3. The van der Waals surface area contributed by atoms with Crippen LogP contribution >= 0.6 is 0 Å². The van der Waals surface area contributed by atoms with E-state index in [0.29, 0.717) is 0 Å². The Balaban J connectivity index is 1.40. The van der Waals surface area contributed by atoms with Crippen LogP contribution in [0.2, 0.25) is 0 Å². The highest BCUT2D eigenvalue weighted by Gasteiger charge is 2.40. The van der Waals surface area contributed by atoms with E-state index >= 15 is 0 Å². The fraction of sp³-hybridized carbons (Fsp3) is 0.182. The van der Waals surface area contributed by atoms with Crippen LogP contribution in [-0.2, 0) is 10.8 Å². The van der Waals surface area contributed by atoms with Crippen molar-refractivity contribution >= 4 is 17.1 Å². The van der Waals surface area contributed by atoms with Gasteiger partial charge in [0.15, 0.2) is 0 Å². The number of benzene rings is 6. The van der Waals surface area contributed by atoms with E-state index in [1.54, 1.807) is 0 Å². The van der Waals surface area contributed by atoms with E-state index in [1.165, 1.54) is 83.8 Å². The van der Waals surface area contributed by atoms with E-state index in [2.05, 4.69) is 174 Å². The molecular weight excluding hydrogens is 542 g/mol. The van der Waals surface area contributed by atoms with Gasteiger partial charge in [-0.2, -0.15) is 0 Å². The monoisotopic (exact) mass is 581 g/mol. The first kappa shape index (κ1) is 27.7. The smallest absolute Gasteiger partial charge is 0.0575 e. The van der Waals surface area contributed by atoms with Crippen LogP contribution in [0, 0.1) is 13.8 Å². The number of hydrogen-bond acceptors (Lipinski definition) is 1. The molecule has 1 nitrogen and oxygen atoms in total. The summed E-state index contributed by atoms with van der Waals surface area (Å²) < 4.78 is 0. The average Bonchev–Trinajstić information content (AvgIpc) is 3.43. The summed E-state index contributed by atoms with van der Waals surface area (Å²) in [6.45, 7) is 14.1. The Bertz CT molecular complexity index is 2110. The predicted octanol–water partition coefficient (Wildman–Crippen LogP) is 12.1. The molecule has 220 valence electrons. The summed E-state index contributed by atoms with van der Waals surface area (Å²) >= 11 is 0. The maximum absolute atomic E-state index is 2.54. The quantitative estimate of drug-likeness (QED) is 0.200. The van der Waals surface area contributed by atoms with Gasteiger partial charge in [0.1, 0.15) is 0 Å². The molecule has 2 aliphatic carbocycles. The molecule has 0 spiro atoms. The van der Waals surface area contributed by atoms with E-state index in [9.17, 15) is 0 Å². The zero-order valence-corrected chi connectivity index (χ0v) is 27.1. The summed E-state index contributed by atoms with van der Waals surface area (Å²) in [5.74, 6) is 0. The summed E-state index contributed by atoms with van der Waals surface area (Å²) in [5, 5.41) is 0. The number of hydrogen-bond donors (Lipinski definition) is 0. The molecule has 0 fully saturated rings. The highest BCUT2D eigenvalue weighted by Crippen LogP contribution is 2.57. The maximum Gasteiger partial charge on any atom is 0.0575 e. The van der Waals surface area contributed by atoms with Crippen LogP contribution in [0.15, 0.2) is 127 Å². The Labute approximate surface area is 267 Å². The van der Waals surface area contributed by atoms with Crippen molar-refractivity contribution in [1.29, 1.82) is 0 Å².